The number of carbonyl (C=O) groups excluding carboxylic acids is 1. The average Bonchev–Trinajstić information content (AvgIpc) is 2.67. The third kappa shape index (κ3) is 5.22. The van der Waals surface area contributed by atoms with Crippen molar-refractivity contribution >= 4 is 21.8 Å². The number of primary amides is 1. The number of rotatable bonds is 7. The molecule has 2 rings (SSSR count). The first-order valence-electron chi connectivity index (χ1n) is 8.15. The molecule has 0 aliphatic rings. The van der Waals surface area contributed by atoms with Crippen LogP contribution in [0.25, 0.3) is 0 Å². The summed E-state index contributed by atoms with van der Waals surface area (Å²) in [5.41, 5.74) is 6.85. The number of aromatic nitrogens is 1. The number of hydrogen-bond acceptors (Lipinski definition) is 3. The molecule has 0 aliphatic heterocycles. The summed E-state index contributed by atoms with van der Waals surface area (Å²) in [4.78, 5) is 24.2. The predicted molar refractivity (Wildman–Crippen MR) is 109 cm³/mol. The SMILES string of the molecule is C#C/C=C(C(N)=O)\C(=C/C)Cn1ccc(OCc2ccccc2)c(Br)c1=O. The number of nitrogens with zero attached hydrogens (tertiary/aromatic N) is 1. The Morgan fingerprint density at radius 2 is 2.04 bits per heavy atom. The van der Waals surface area contributed by atoms with Crippen LogP contribution in [-0.4, -0.2) is 10.5 Å². The van der Waals surface area contributed by atoms with Gasteiger partial charge in [0.15, 0.2) is 0 Å². The third-order valence-corrected chi connectivity index (χ3v) is 4.57. The molecule has 0 saturated carbocycles. The summed E-state index contributed by atoms with van der Waals surface area (Å²) in [6, 6.07) is 11.3. The van der Waals surface area contributed by atoms with Crippen LogP contribution in [0.15, 0.2) is 75.2 Å². The van der Waals surface area contributed by atoms with Gasteiger partial charge in [0.25, 0.3) is 5.56 Å². The maximum absolute atomic E-state index is 12.6. The summed E-state index contributed by atoms with van der Waals surface area (Å²) >= 11 is 3.30. The van der Waals surface area contributed by atoms with Gasteiger partial charge < -0.3 is 15.0 Å². The van der Waals surface area contributed by atoms with Gasteiger partial charge in [0.2, 0.25) is 5.91 Å². The second-order valence-corrected chi connectivity index (χ2v) is 6.40. The van der Waals surface area contributed by atoms with Gasteiger partial charge in [-0.25, -0.2) is 0 Å². The van der Waals surface area contributed by atoms with Gasteiger partial charge in [-0.05, 0) is 40.1 Å². The van der Waals surface area contributed by atoms with Gasteiger partial charge in [0.1, 0.15) is 16.8 Å². The van der Waals surface area contributed by atoms with Crippen LogP contribution in [0.1, 0.15) is 12.5 Å². The van der Waals surface area contributed by atoms with Crippen LogP contribution in [0.2, 0.25) is 0 Å². The first kappa shape index (κ1) is 20.3. The number of benzene rings is 1. The Hall–Kier alpha value is -3.04. The highest BCUT2D eigenvalue weighted by atomic mass is 79.9. The lowest BCUT2D eigenvalue weighted by atomic mass is 10.0. The number of amides is 1. The Morgan fingerprint density at radius 3 is 2.63 bits per heavy atom. The molecule has 1 amide bonds. The van der Waals surface area contributed by atoms with Crippen LogP contribution in [0.5, 0.6) is 5.75 Å². The summed E-state index contributed by atoms with van der Waals surface area (Å²) in [7, 11) is 0. The van der Waals surface area contributed by atoms with E-state index in [1.165, 1.54) is 10.6 Å². The highest BCUT2D eigenvalue weighted by molar-refractivity contribution is 9.10. The van der Waals surface area contributed by atoms with E-state index >= 15 is 0 Å². The summed E-state index contributed by atoms with van der Waals surface area (Å²) in [6.07, 6.45) is 9.86. The van der Waals surface area contributed by atoms with E-state index < -0.39 is 5.91 Å². The minimum Gasteiger partial charge on any atom is -0.487 e. The van der Waals surface area contributed by atoms with Crippen molar-refractivity contribution in [3.05, 3.63) is 86.3 Å². The van der Waals surface area contributed by atoms with Crippen LogP contribution in [-0.2, 0) is 17.9 Å². The lowest BCUT2D eigenvalue weighted by Crippen LogP contribution is -2.24. The van der Waals surface area contributed by atoms with E-state index in [2.05, 4.69) is 21.9 Å². The fraction of sp³-hybridized carbons (Fsp3) is 0.143. The van der Waals surface area contributed by atoms with Crippen molar-refractivity contribution < 1.29 is 9.53 Å². The number of carbonyl (C=O) groups is 1. The molecule has 27 heavy (non-hydrogen) atoms. The van der Waals surface area contributed by atoms with E-state index in [0.29, 0.717) is 22.4 Å². The van der Waals surface area contributed by atoms with Crippen LogP contribution in [0.3, 0.4) is 0 Å². The number of allylic oxidation sites excluding steroid dienone is 2. The van der Waals surface area contributed by atoms with Crippen molar-refractivity contribution in [3.63, 3.8) is 0 Å². The molecular formula is C21H19BrN2O3. The smallest absolute Gasteiger partial charge is 0.268 e. The molecule has 1 heterocycles. The number of hydrogen-bond donors (Lipinski definition) is 1. The standard InChI is InChI=1S/C21H19BrN2O3/c1-3-8-17(20(23)25)16(4-2)13-24-12-11-18(19(22)21(24)26)27-14-15-9-6-5-7-10-15/h1,4-12H,13-14H2,2H3,(H2,23,25)/b16-4-,17-8+. The zero-order valence-electron chi connectivity index (χ0n) is 14.8. The molecule has 0 saturated heterocycles. The molecule has 1 aromatic heterocycles. The molecule has 0 bridgehead atoms. The predicted octanol–water partition coefficient (Wildman–Crippen LogP) is 3.18. The number of pyridine rings is 1. The maximum atomic E-state index is 12.6. The molecule has 0 aliphatic carbocycles. The van der Waals surface area contributed by atoms with E-state index in [0.717, 1.165) is 5.56 Å². The Morgan fingerprint density at radius 1 is 1.33 bits per heavy atom. The molecule has 0 fully saturated rings. The largest absolute Gasteiger partial charge is 0.487 e. The molecule has 0 radical (unpaired) electrons. The number of ether oxygens (including phenoxy) is 1. The Kier molecular flexibility index (Phi) is 7.21. The summed E-state index contributed by atoms with van der Waals surface area (Å²) < 4.78 is 7.48. The van der Waals surface area contributed by atoms with Crippen molar-refractivity contribution in [2.24, 2.45) is 5.73 Å². The molecule has 2 N–H and O–H groups in total. The van der Waals surface area contributed by atoms with E-state index in [1.807, 2.05) is 30.3 Å². The summed E-state index contributed by atoms with van der Waals surface area (Å²) in [5, 5.41) is 0. The maximum Gasteiger partial charge on any atom is 0.268 e. The average molecular weight is 427 g/mol. The van der Waals surface area contributed by atoms with Gasteiger partial charge >= 0.3 is 0 Å². The lowest BCUT2D eigenvalue weighted by molar-refractivity contribution is -0.114. The van der Waals surface area contributed by atoms with Crippen molar-refractivity contribution in [2.75, 3.05) is 0 Å². The second-order valence-electron chi connectivity index (χ2n) is 5.60. The second kappa shape index (κ2) is 9.60. The molecule has 1 aromatic carbocycles. The number of halogens is 1. The molecule has 0 unspecified atom stereocenters. The van der Waals surface area contributed by atoms with Gasteiger partial charge in [-0.3, -0.25) is 9.59 Å². The third-order valence-electron chi connectivity index (χ3n) is 3.84. The van der Waals surface area contributed by atoms with E-state index in [4.69, 9.17) is 16.9 Å². The molecule has 2 aromatic rings. The van der Waals surface area contributed by atoms with Crippen LogP contribution in [0.4, 0.5) is 0 Å². The Balaban J connectivity index is 2.23. The number of nitrogens with two attached hydrogens (primary N) is 1. The van der Waals surface area contributed by atoms with Crippen molar-refractivity contribution in [3.8, 4) is 18.1 Å². The fourth-order valence-electron chi connectivity index (χ4n) is 2.42. The molecule has 6 heteroatoms. The van der Waals surface area contributed by atoms with Gasteiger partial charge in [0.05, 0.1) is 12.1 Å². The Labute approximate surface area is 166 Å². The summed E-state index contributed by atoms with van der Waals surface area (Å²) in [5.74, 6) is 2.10. The van der Waals surface area contributed by atoms with Gasteiger partial charge in [0, 0.05) is 12.3 Å². The highest BCUT2D eigenvalue weighted by Crippen LogP contribution is 2.22. The molecule has 0 spiro atoms. The lowest BCUT2D eigenvalue weighted by Gasteiger charge is -2.13. The van der Waals surface area contributed by atoms with Crippen LogP contribution in [0, 0.1) is 12.3 Å². The Bertz CT molecular complexity index is 983. The molecule has 0 atom stereocenters. The van der Waals surface area contributed by atoms with E-state index in [9.17, 15) is 9.59 Å². The molecular weight excluding hydrogens is 408 g/mol. The van der Waals surface area contributed by atoms with Crippen molar-refractivity contribution in [1.29, 1.82) is 0 Å². The summed E-state index contributed by atoms with van der Waals surface area (Å²) in [6.45, 7) is 2.25. The van der Waals surface area contributed by atoms with Gasteiger partial charge in [-0.2, -0.15) is 0 Å². The van der Waals surface area contributed by atoms with Crippen LogP contribution < -0.4 is 16.0 Å². The first-order valence-corrected chi connectivity index (χ1v) is 8.94. The molecule has 5 nitrogen and oxygen atoms in total. The normalized spacial score (nSPS) is 11.7. The van der Waals surface area contributed by atoms with E-state index in [1.54, 1.807) is 25.3 Å². The fourth-order valence-corrected chi connectivity index (χ4v) is 2.90. The zero-order chi connectivity index (χ0) is 19.8. The van der Waals surface area contributed by atoms with E-state index in [-0.39, 0.29) is 17.7 Å². The number of terminal acetylenes is 1. The quantitative estimate of drug-likeness (QED) is 0.419. The first-order chi connectivity index (χ1) is 13.0. The van der Waals surface area contributed by atoms with Crippen molar-refractivity contribution in [2.45, 2.75) is 20.1 Å². The highest BCUT2D eigenvalue weighted by Gasteiger charge is 2.14. The van der Waals surface area contributed by atoms with Gasteiger partial charge in [-0.1, -0.05) is 42.3 Å². The molecule has 138 valence electrons. The minimum atomic E-state index is -0.643. The monoisotopic (exact) mass is 426 g/mol. The minimum absolute atomic E-state index is 0.156. The topological polar surface area (TPSA) is 74.3 Å². The van der Waals surface area contributed by atoms with Crippen molar-refractivity contribution in [1.82, 2.24) is 4.57 Å². The van der Waals surface area contributed by atoms with Gasteiger partial charge in [-0.15, -0.1) is 6.42 Å². The van der Waals surface area contributed by atoms with Crippen LogP contribution >= 0.6 is 15.9 Å². The zero-order valence-corrected chi connectivity index (χ0v) is 16.4.